The summed E-state index contributed by atoms with van der Waals surface area (Å²) in [6, 6.07) is 7.65. The summed E-state index contributed by atoms with van der Waals surface area (Å²) >= 11 is 3.38. The van der Waals surface area contributed by atoms with E-state index in [-0.39, 0.29) is 11.9 Å². The topological polar surface area (TPSA) is 73.2 Å². The van der Waals surface area contributed by atoms with Crippen molar-refractivity contribution in [3.05, 3.63) is 46.7 Å². The third-order valence-corrected chi connectivity index (χ3v) is 3.79. The highest BCUT2D eigenvalue weighted by Crippen LogP contribution is 2.14. The second-order valence-corrected chi connectivity index (χ2v) is 5.85. The zero-order valence-electron chi connectivity index (χ0n) is 12.8. The van der Waals surface area contributed by atoms with E-state index in [1.165, 1.54) is 13.3 Å². The zero-order chi connectivity index (χ0) is 16.7. The van der Waals surface area contributed by atoms with Crippen LogP contribution in [-0.2, 0) is 9.53 Å². The smallest absolute Gasteiger partial charge is 0.305 e. The van der Waals surface area contributed by atoms with Gasteiger partial charge in [0, 0.05) is 23.6 Å². The fourth-order valence-electron chi connectivity index (χ4n) is 1.98. The summed E-state index contributed by atoms with van der Waals surface area (Å²) in [5.41, 5.74) is 1.38. The van der Waals surface area contributed by atoms with Gasteiger partial charge >= 0.3 is 5.97 Å². The molecule has 0 fully saturated rings. The summed E-state index contributed by atoms with van der Waals surface area (Å²) in [6.07, 6.45) is 5.00. The third-order valence-electron chi connectivity index (χ3n) is 3.26. The Kier molecular flexibility index (Phi) is 6.34. The lowest BCUT2D eigenvalue weighted by atomic mass is 10.2. The number of nitrogens with zero attached hydrogens (tertiary/aromatic N) is 2. The van der Waals surface area contributed by atoms with Gasteiger partial charge in [-0.05, 0) is 37.1 Å². The minimum atomic E-state index is -0.230. The van der Waals surface area contributed by atoms with Crippen LogP contribution in [0, 0.1) is 0 Å². The van der Waals surface area contributed by atoms with E-state index >= 15 is 0 Å². The Morgan fingerprint density at radius 2 is 2.00 bits per heavy atom. The second kappa shape index (κ2) is 8.47. The fraction of sp³-hybridized carbons (Fsp3) is 0.312. The van der Waals surface area contributed by atoms with Gasteiger partial charge in [0.2, 0.25) is 0 Å². The van der Waals surface area contributed by atoms with Crippen molar-refractivity contribution in [1.29, 1.82) is 0 Å². The Morgan fingerprint density at radius 1 is 1.26 bits per heavy atom. The number of rotatable bonds is 7. The maximum absolute atomic E-state index is 12.0. The van der Waals surface area contributed by atoms with Crippen LogP contribution in [0.3, 0.4) is 0 Å². The van der Waals surface area contributed by atoms with Crippen LogP contribution in [-0.4, -0.2) is 35.3 Å². The minimum Gasteiger partial charge on any atom is -0.469 e. The van der Waals surface area contributed by atoms with Crippen LogP contribution in [0.2, 0.25) is 0 Å². The van der Waals surface area contributed by atoms with E-state index in [1.807, 2.05) is 24.3 Å². The average molecular weight is 380 g/mol. The standard InChI is InChI=1S/C16H18BrN3O3/c1-23-15(21)4-2-3-9-18-16(22)12-10-19-20(11-12)14-7-5-13(17)6-8-14/h5-8,10-11H,2-4,9H2,1H3,(H,18,22). The Hall–Kier alpha value is -2.15. The molecule has 0 atom stereocenters. The van der Waals surface area contributed by atoms with Gasteiger partial charge in [-0.15, -0.1) is 0 Å². The highest BCUT2D eigenvalue weighted by Gasteiger charge is 2.09. The van der Waals surface area contributed by atoms with Crippen molar-refractivity contribution in [1.82, 2.24) is 15.1 Å². The second-order valence-electron chi connectivity index (χ2n) is 4.94. The van der Waals surface area contributed by atoms with Crippen molar-refractivity contribution in [2.45, 2.75) is 19.3 Å². The van der Waals surface area contributed by atoms with Crippen LogP contribution >= 0.6 is 15.9 Å². The van der Waals surface area contributed by atoms with E-state index in [0.29, 0.717) is 24.9 Å². The molecule has 2 rings (SSSR count). The average Bonchev–Trinajstić information content (AvgIpc) is 3.04. The van der Waals surface area contributed by atoms with Crippen LogP contribution < -0.4 is 5.32 Å². The zero-order valence-corrected chi connectivity index (χ0v) is 14.4. The van der Waals surface area contributed by atoms with E-state index in [4.69, 9.17) is 0 Å². The highest BCUT2D eigenvalue weighted by molar-refractivity contribution is 9.10. The van der Waals surface area contributed by atoms with Gasteiger partial charge in [0.25, 0.3) is 5.91 Å². The first kappa shape index (κ1) is 17.2. The van der Waals surface area contributed by atoms with Crippen molar-refractivity contribution >= 4 is 27.8 Å². The molecule has 1 heterocycles. The molecule has 1 aromatic heterocycles. The Balaban J connectivity index is 1.82. The molecule has 2 aromatic rings. The summed E-state index contributed by atoms with van der Waals surface area (Å²) in [4.78, 5) is 23.0. The van der Waals surface area contributed by atoms with E-state index in [0.717, 1.165) is 16.6 Å². The van der Waals surface area contributed by atoms with Crippen LogP contribution in [0.1, 0.15) is 29.6 Å². The number of nitrogens with one attached hydrogen (secondary N) is 1. The quantitative estimate of drug-likeness (QED) is 0.592. The summed E-state index contributed by atoms with van der Waals surface area (Å²) < 4.78 is 7.20. The molecule has 0 saturated heterocycles. The largest absolute Gasteiger partial charge is 0.469 e. The molecule has 0 radical (unpaired) electrons. The van der Waals surface area contributed by atoms with Crippen LogP contribution in [0.5, 0.6) is 0 Å². The molecule has 6 nitrogen and oxygen atoms in total. The van der Waals surface area contributed by atoms with Gasteiger partial charge in [-0.3, -0.25) is 9.59 Å². The SMILES string of the molecule is COC(=O)CCCCNC(=O)c1cnn(-c2ccc(Br)cc2)c1. The van der Waals surface area contributed by atoms with Crippen molar-refractivity contribution in [3.63, 3.8) is 0 Å². The molecule has 0 bridgehead atoms. The first-order chi connectivity index (χ1) is 11.1. The maximum Gasteiger partial charge on any atom is 0.305 e. The van der Waals surface area contributed by atoms with Crippen molar-refractivity contribution in [2.24, 2.45) is 0 Å². The molecular weight excluding hydrogens is 362 g/mol. The van der Waals surface area contributed by atoms with Crippen molar-refractivity contribution < 1.29 is 14.3 Å². The molecule has 7 heteroatoms. The number of hydrogen-bond acceptors (Lipinski definition) is 4. The molecule has 1 aromatic carbocycles. The van der Waals surface area contributed by atoms with Gasteiger partial charge in [-0.1, -0.05) is 15.9 Å². The molecule has 0 aliphatic rings. The Labute approximate surface area is 143 Å². The molecule has 0 aliphatic heterocycles. The first-order valence-corrected chi connectivity index (χ1v) is 8.05. The number of unbranched alkanes of at least 4 members (excludes halogenated alkanes) is 1. The minimum absolute atomic E-state index is 0.175. The molecule has 23 heavy (non-hydrogen) atoms. The number of ether oxygens (including phenoxy) is 1. The highest BCUT2D eigenvalue weighted by atomic mass is 79.9. The number of carbonyl (C=O) groups excluding carboxylic acids is 2. The predicted molar refractivity (Wildman–Crippen MR) is 89.5 cm³/mol. The fourth-order valence-corrected chi connectivity index (χ4v) is 2.24. The summed E-state index contributed by atoms with van der Waals surface area (Å²) in [7, 11) is 1.37. The van der Waals surface area contributed by atoms with Crippen LogP contribution in [0.4, 0.5) is 0 Å². The van der Waals surface area contributed by atoms with Gasteiger partial charge in [-0.2, -0.15) is 5.10 Å². The van der Waals surface area contributed by atoms with Crippen LogP contribution in [0.25, 0.3) is 5.69 Å². The number of esters is 1. The van der Waals surface area contributed by atoms with E-state index in [1.54, 1.807) is 10.9 Å². The molecule has 0 saturated carbocycles. The maximum atomic E-state index is 12.0. The van der Waals surface area contributed by atoms with Gasteiger partial charge < -0.3 is 10.1 Å². The molecular formula is C16H18BrN3O3. The molecule has 1 N–H and O–H groups in total. The van der Waals surface area contributed by atoms with Gasteiger partial charge in [0.05, 0.1) is 24.6 Å². The number of halogens is 1. The summed E-state index contributed by atoms with van der Waals surface area (Å²) in [5, 5.41) is 7.01. The molecule has 0 unspecified atom stereocenters. The number of methoxy groups -OCH3 is 1. The number of amides is 1. The number of aromatic nitrogens is 2. The van der Waals surface area contributed by atoms with E-state index < -0.39 is 0 Å². The number of hydrogen-bond donors (Lipinski definition) is 1. The van der Waals surface area contributed by atoms with E-state index in [9.17, 15) is 9.59 Å². The van der Waals surface area contributed by atoms with E-state index in [2.05, 4.69) is 31.1 Å². The lowest BCUT2D eigenvalue weighted by molar-refractivity contribution is -0.140. The molecule has 0 spiro atoms. The summed E-state index contributed by atoms with van der Waals surface area (Å²) in [6.45, 7) is 0.513. The van der Waals surface area contributed by atoms with Crippen molar-refractivity contribution in [2.75, 3.05) is 13.7 Å². The lowest BCUT2D eigenvalue weighted by Crippen LogP contribution is -2.24. The van der Waals surface area contributed by atoms with Gasteiger partial charge in [-0.25, -0.2) is 4.68 Å². The lowest BCUT2D eigenvalue weighted by Gasteiger charge is -2.03. The predicted octanol–water partition coefficient (Wildman–Crippen LogP) is 2.71. The molecule has 0 aliphatic carbocycles. The Morgan fingerprint density at radius 3 is 2.70 bits per heavy atom. The number of benzene rings is 1. The summed E-state index contributed by atoms with van der Waals surface area (Å²) in [5.74, 6) is -0.404. The molecule has 1 amide bonds. The monoisotopic (exact) mass is 379 g/mol. The third kappa shape index (κ3) is 5.21. The Bertz CT molecular complexity index is 667. The number of carbonyl (C=O) groups is 2. The normalized spacial score (nSPS) is 10.3. The van der Waals surface area contributed by atoms with Gasteiger partial charge in [0.1, 0.15) is 0 Å². The first-order valence-electron chi connectivity index (χ1n) is 7.26. The molecule has 122 valence electrons. The van der Waals surface area contributed by atoms with Crippen molar-refractivity contribution in [3.8, 4) is 5.69 Å². The van der Waals surface area contributed by atoms with Crippen LogP contribution in [0.15, 0.2) is 41.1 Å². The van der Waals surface area contributed by atoms with Gasteiger partial charge in [0.15, 0.2) is 0 Å².